The van der Waals surface area contributed by atoms with Crippen LogP contribution in [-0.2, 0) is 9.53 Å². The third-order valence-corrected chi connectivity index (χ3v) is 4.13. The molecule has 1 fully saturated rings. The molecule has 2 N–H and O–H groups in total. The highest BCUT2D eigenvalue weighted by atomic mass is 32.1. The van der Waals surface area contributed by atoms with Crippen LogP contribution in [0.15, 0.2) is 11.3 Å². The fraction of sp³-hybridized carbons (Fsp3) is 0.714. The standard InChI is InChI=1S/C14H21FN2O2S/c1-9-12(11(7-15)17-14(20)16-9)13(18)19-8-10-5-3-2-4-6-10/h10-11H,2-8H2,1H3,(H2,16,17,20). The van der Waals surface area contributed by atoms with Gasteiger partial charge in [-0.25, -0.2) is 9.18 Å². The molecule has 1 heterocycles. The number of rotatable bonds is 4. The third kappa shape index (κ3) is 3.69. The molecule has 20 heavy (non-hydrogen) atoms. The van der Waals surface area contributed by atoms with Gasteiger partial charge in [0.25, 0.3) is 0 Å². The van der Waals surface area contributed by atoms with Crippen molar-refractivity contribution in [1.29, 1.82) is 0 Å². The second kappa shape index (κ2) is 7.02. The van der Waals surface area contributed by atoms with E-state index < -0.39 is 18.7 Å². The van der Waals surface area contributed by atoms with Crippen LogP contribution in [0.5, 0.6) is 0 Å². The van der Waals surface area contributed by atoms with Crippen molar-refractivity contribution in [2.45, 2.75) is 45.1 Å². The Morgan fingerprint density at radius 1 is 1.40 bits per heavy atom. The zero-order chi connectivity index (χ0) is 14.5. The molecule has 0 bridgehead atoms. The number of carbonyl (C=O) groups excluding carboxylic acids is 1. The van der Waals surface area contributed by atoms with E-state index in [2.05, 4.69) is 10.6 Å². The van der Waals surface area contributed by atoms with Gasteiger partial charge in [-0.15, -0.1) is 0 Å². The summed E-state index contributed by atoms with van der Waals surface area (Å²) in [4.78, 5) is 12.2. The Kier molecular flexibility index (Phi) is 5.34. The van der Waals surface area contributed by atoms with Crippen LogP contribution < -0.4 is 10.6 Å². The van der Waals surface area contributed by atoms with Crippen LogP contribution in [-0.4, -0.2) is 30.4 Å². The Hall–Kier alpha value is -1.17. The molecule has 4 nitrogen and oxygen atoms in total. The topological polar surface area (TPSA) is 50.4 Å². The second-order valence-electron chi connectivity index (χ2n) is 5.45. The molecule has 1 saturated carbocycles. The molecule has 6 heteroatoms. The summed E-state index contributed by atoms with van der Waals surface area (Å²) in [6.45, 7) is 1.46. The van der Waals surface area contributed by atoms with Crippen LogP contribution >= 0.6 is 12.2 Å². The molecule has 1 aliphatic heterocycles. The van der Waals surface area contributed by atoms with Crippen LogP contribution in [0.2, 0.25) is 0 Å². The van der Waals surface area contributed by atoms with E-state index >= 15 is 0 Å². The average Bonchev–Trinajstić information content (AvgIpc) is 2.45. The first-order valence-corrected chi connectivity index (χ1v) is 7.54. The number of carbonyl (C=O) groups is 1. The minimum atomic E-state index is -0.706. The molecule has 0 aromatic rings. The summed E-state index contributed by atoms with van der Waals surface area (Å²) in [5.41, 5.74) is 0.891. The van der Waals surface area contributed by atoms with Crippen molar-refractivity contribution < 1.29 is 13.9 Å². The maximum absolute atomic E-state index is 13.0. The van der Waals surface area contributed by atoms with E-state index in [1.165, 1.54) is 19.3 Å². The number of ether oxygens (including phenoxy) is 1. The number of hydrogen-bond acceptors (Lipinski definition) is 3. The number of halogens is 1. The highest BCUT2D eigenvalue weighted by Gasteiger charge is 2.30. The van der Waals surface area contributed by atoms with Crippen molar-refractivity contribution in [3.05, 3.63) is 11.3 Å². The lowest BCUT2D eigenvalue weighted by atomic mass is 9.90. The van der Waals surface area contributed by atoms with E-state index in [1.54, 1.807) is 6.92 Å². The van der Waals surface area contributed by atoms with Crippen molar-refractivity contribution >= 4 is 23.3 Å². The van der Waals surface area contributed by atoms with Crippen molar-refractivity contribution in [3.63, 3.8) is 0 Å². The number of nitrogens with one attached hydrogen (secondary N) is 2. The van der Waals surface area contributed by atoms with Gasteiger partial charge in [0.05, 0.1) is 18.2 Å². The molecule has 1 aliphatic carbocycles. The summed E-state index contributed by atoms with van der Waals surface area (Å²) >= 11 is 4.96. The smallest absolute Gasteiger partial charge is 0.337 e. The van der Waals surface area contributed by atoms with E-state index in [0.717, 1.165) is 12.8 Å². The molecule has 2 aliphatic rings. The van der Waals surface area contributed by atoms with Gasteiger partial charge in [-0.1, -0.05) is 19.3 Å². The van der Waals surface area contributed by atoms with Crippen LogP contribution in [0.25, 0.3) is 0 Å². The van der Waals surface area contributed by atoms with Gasteiger partial charge < -0.3 is 15.4 Å². The van der Waals surface area contributed by atoms with Gasteiger partial charge in [0.15, 0.2) is 5.11 Å². The van der Waals surface area contributed by atoms with E-state index in [-0.39, 0.29) is 0 Å². The normalized spacial score (nSPS) is 24.1. The molecule has 112 valence electrons. The number of allylic oxidation sites excluding steroid dienone is 1. The lowest BCUT2D eigenvalue weighted by Gasteiger charge is -2.28. The maximum Gasteiger partial charge on any atom is 0.337 e. The fourth-order valence-corrected chi connectivity index (χ4v) is 3.10. The Labute approximate surface area is 124 Å². The van der Waals surface area contributed by atoms with E-state index in [0.29, 0.717) is 28.9 Å². The maximum atomic E-state index is 13.0. The first-order valence-electron chi connectivity index (χ1n) is 7.13. The number of esters is 1. The van der Waals surface area contributed by atoms with Crippen LogP contribution in [0.4, 0.5) is 4.39 Å². The number of hydrogen-bond donors (Lipinski definition) is 2. The molecular formula is C14H21FN2O2S. The summed E-state index contributed by atoms with van der Waals surface area (Å²) in [5, 5.41) is 5.94. The SMILES string of the molecule is CC1=C(C(=O)OCC2CCCCC2)C(CF)NC(=S)N1. The monoisotopic (exact) mass is 300 g/mol. The molecule has 0 aromatic heterocycles. The summed E-state index contributed by atoms with van der Waals surface area (Å²) < 4.78 is 18.4. The van der Waals surface area contributed by atoms with Crippen molar-refractivity contribution in [2.24, 2.45) is 5.92 Å². The fourth-order valence-electron chi connectivity index (χ4n) is 2.80. The lowest BCUT2D eigenvalue weighted by molar-refractivity contribution is -0.141. The van der Waals surface area contributed by atoms with Gasteiger partial charge >= 0.3 is 5.97 Å². The van der Waals surface area contributed by atoms with Crippen molar-refractivity contribution in [2.75, 3.05) is 13.3 Å². The summed E-state index contributed by atoms with van der Waals surface area (Å²) in [6.07, 6.45) is 5.89. The summed E-state index contributed by atoms with van der Waals surface area (Å²) in [7, 11) is 0. The quantitative estimate of drug-likeness (QED) is 0.616. The Morgan fingerprint density at radius 2 is 2.10 bits per heavy atom. The minimum Gasteiger partial charge on any atom is -0.462 e. The zero-order valence-corrected chi connectivity index (χ0v) is 12.5. The third-order valence-electron chi connectivity index (χ3n) is 3.91. The zero-order valence-electron chi connectivity index (χ0n) is 11.7. The largest absolute Gasteiger partial charge is 0.462 e. The molecule has 0 amide bonds. The average molecular weight is 300 g/mol. The predicted molar refractivity (Wildman–Crippen MR) is 78.9 cm³/mol. The van der Waals surface area contributed by atoms with Crippen LogP contribution in [0, 0.1) is 5.92 Å². The van der Waals surface area contributed by atoms with Gasteiger partial charge in [0.2, 0.25) is 0 Å². The van der Waals surface area contributed by atoms with Crippen molar-refractivity contribution in [3.8, 4) is 0 Å². The summed E-state index contributed by atoms with van der Waals surface area (Å²) in [6, 6.07) is -0.706. The first kappa shape index (κ1) is 15.2. The molecule has 0 aromatic carbocycles. The van der Waals surface area contributed by atoms with Gasteiger partial charge in [0.1, 0.15) is 6.67 Å². The van der Waals surface area contributed by atoms with E-state index in [4.69, 9.17) is 17.0 Å². The Bertz CT molecular complexity index is 419. The lowest BCUT2D eigenvalue weighted by Crippen LogP contribution is -2.50. The van der Waals surface area contributed by atoms with Crippen LogP contribution in [0.1, 0.15) is 39.0 Å². The highest BCUT2D eigenvalue weighted by Crippen LogP contribution is 2.24. The number of thiocarbonyl (C=S) groups is 1. The van der Waals surface area contributed by atoms with Gasteiger partial charge in [-0.05, 0) is 37.9 Å². The predicted octanol–water partition coefficient (Wildman–Crippen LogP) is 2.20. The second-order valence-corrected chi connectivity index (χ2v) is 5.85. The number of alkyl halides is 1. The molecular weight excluding hydrogens is 279 g/mol. The Balaban J connectivity index is 1.95. The van der Waals surface area contributed by atoms with Gasteiger partial charge in [-0.3, -0.25) is 0 Å². The molecule has 1 atom stereocenters. The molecule has 0 radical (unpaired) electrons. The van der Waals surface area contributed by atoms with Gasteiger partial charge in [-0.2, -0.15) is 0 Å². The molecule has 0 saturated heterocycles. The summed E-state index contributed by atoms with van der Waals surface area (Å²) in [5.74, 6) is 0.00115. The van der Waals surface area contributed by atoms with E-state index in [9.17, 15) is 9.18 Å². The Morgan fingerprint density at radius 3 is 2.75 bits per heavy atom. The van der Waals surface area contributed by atoms with Crippen LogP contribution in [0.3, 0.4) is 0 Å². The first-order chi connectivity index (χ1) is 9.61. The molecule has 2 rings (SSSR count). The molecule has 1 unspecified atom stereocenters. The molecule has 0 spiro atoms. The minimum absolute atomic E-state index is 0.317. The van der Waals surface area contributed by atoms with Gasteiger partial charge in [0, 0.05) is 5.70 Å². The highest BCUT2D eigenvalue weighted by molar-refractivity contribution is 7.80. The van der Waals surface area contributed by atoms with Crippen molar-refractivity contribution in [1.82, 2.24) is 10.6 Å². The van der Waals surface area contributed by atoms with E-state index in [1.807, 2.05) is 0 Å².